The van der Waals surface area contributed by atoms with Gasteiger partial charge in [0, 0.05) is 0 Å². The van der Waals surface area contributed by atoms with Crippen molar-refractivity contribution in [3.63, 3.8) is 0 Å². The molecule has 0 bridgehead atoms. The number of amides is 1. The molecule has 19 heavy (non-hydrogen) atoms. The fourth-order valence-electron chi connectivity index (χ4n) is 1.48. The minimum Gasteiger partial charge on any atom is -0.478 e. The zero-order valence-corrected chi connectivity index (χ0v) is 10.8. The Hall–Kier alpha value is -1.95. The van der Waals surface area contributed by atoms with Gasteiger partial charge in [0.25, 0.3) is 0 Å². The highest BCUT2D eigenvalue weighted by Crippen LogP contribution is 2.17. The molecule has 1 aromatic carbocycles. The van der Waals surface area contributed by atoms with Crippen LogP contribution in [0.2, 0.25) is 0 Å². The number of nitrogens with one attached hydrogen (secondary N) is 1. The smallest absolute Gasteiger partial charge is 0.335 e. The second-order valence-corrected chi connectivity index (χ2v) is 4.40. The molecule has 0 aromatic heterocycles. The van der Waals surface area contributed by atoms with Crippen molar-refractivity contribution in [3.8, 4) is 0 Å². The molecule has 1 amide bonds. The second kappa shape index (κ2) is 6.29. The monoisotopic (exact) mass is 268 g/mol. The summed E-state index contributed by atoms with van der Waals surface area (Å²) < 4.78 is 13.5. The molecule has 104 valence electrons. The first-order chi connectivity index (χ1) is 8.86. The Balaban J connectivity index is 2.90. The van der Waals surface area contributed by atoms with Gasteiger partial charge in [0.1, 0.15) is 5.82 Å². The van der Waals surface area contributed by atoms with Crippen molar-refractivity contribution in [2.24, 2.45) is 11.7 Å². The molecule has 0 spiro atoms. The van der Waals surface area contributed by atoms with Gasteiger partial charge in [-0.2, -0.15) is 0 Å². The third-order valence-corrected chi connectivity index (χ3v) is 3.03. The van der Waals surface area contributed by atoms with E-state index in [1.807, 2.05) is 13.8 Å². The number of hydrogen-bond donors (Lipinski definition) is 3. The first-order valence-electron chi connectivity index (χ1n) is 5.96. The molecule has 0 heterocycles. The zero-order chi connectivity index (χ0) is 14.6. The van der Waals surface area contributed by atoms with Gasteiger partial charge in [0.15, 0.2) is 0 Å². The van der Waals surface area contributed by atoms with Crippen molar-refractivity contribution in [1.82, 2.24) is 0 Å². The summed E-state index contributed by atoms with van der Waals surface area (Å²) in [4.78, 5) is 22.6. The molecule has 1 unspecified atom stereocenters. The number of rotatable bonds is 5. The van der Waals surface area contributed by atoms with Crippen molar-refractivity contribution in [3.05, 3.63) is 29.6 Å². The molecule has 4 N–H and O–H groups in total. The zero-order valence-electron chi connectivity index (χ0n) is 10.8. The first-order valence-corrected chi connectivity index (χ1v) is 5.96. The number of benzene rings is 1. The van der Waals surface area contributed by atoms with E-state index in [0.717, 1.165) is 18.2 Å². The van der Waals surface area contributed by atoms with Crippen molar-refractivity contribution < 1.29 is 19.1 Å². The third kappa shape index (κ3) is 3.75. The molecule has 0 aliphatic heterocycles. The van der Waals surface area contributed by atoms with Crippen LogP contribution in [0.1, 0.15) is 30.6 Å². The maximum absolute atomic E-state index is 13.5. The Morgan fingerprint density at radius 2 is 2.11 bits per heavy atom. The highest BCUT2D eigenvalue weighted by molar-refractivity contribution is 5.96. The summed E-state index contributed by atoms with van der Waals surface area (Å²) in [6, 6.07) is 2.42. The molecular formula is C13H17FN2O3. The number of carbonyl (C=O) groups is 2. The van der Waals surface area contributed by atoms with Gasteiger partial charge < -0.3 is 16.2 Å². The van der Waals surface area contributed by atoms with Crippen LogP contribution in [0.25, 0.3) is 0 Å². The van der Waals surface area contributed by atoms with Gasteiger partial charge in [-0.05, 0) is 24.1 Å². The summed E-state index contributed by atoms with van der Waals surface area (Å²) >= 11 is 0. The number of carboxylic acids is 1. The summed E-state index contributed by atoms with van der Waals surface area (Å²) in [5.74, 6) is -2.47. The lowest BCUT2D eigenvalue weighted by atomic mass is 9.99. The summed E-state index contributed by atoms with van der Waals surface area (Å²) in [7, 11) is 0. The number of anilines is 1. The molecular weight excluding hydrogens is 251 g/mol. The Bertz CT molecular complexity index is 491. The van der Waals surface area contributed by atoms with Gasteiger partial charge >= 0.3 is 5.97 Å². The molecule has 5 nitrogen and oxygen atoms in total. The quantitative estimate of drug-likeness (QED) is 0.759. The van der Waals surface area contributed by atoms with E-state index >= 15 is 0 Å². The van der Waals surface area contributed by atoms with E-state index in [9.17, 15) is 14.0 Å². The van der Waals surface area contributed by atoms with E-state index in [1.165, 1.54) is 0 Å². The van der Waals surface area contributed by atoms with Gasteiger partial charge in [-0.3, -0.25) is 4.79 Å². The predicted octanol–water partition coefficient (Wildman–Crippen LogP) is 1.84. The van der Waals surface area contributed by atoms with E-state index in [-0.39, 0.29) is 17.2 Å². The molecule has 0 aliphatic rings. The van der Waals surface area contributed by atoms with Crippen LogP contribution < -0.4 is 11.1 Å². The largest absolute Gasteiger partial charge is 0.478 e. The van der Waals surface area contributed by atoms with Gasteiger partial charge in [-0.15, -0.1) is 0 Å². The normalized spacial score (nSPS) is 13.7. The van der Waals surface area contributed by atoms with Gasteiger partial charge in [-0.25, -0.2) is 9.18 Å². The molecule has 0 radical (unpaired) electrons. The lowest BCUT2D eigenvalue weighted by molar-refractivity contribution is -0.118. The SMILES string of the molecule is CCC(C)[C@H](N)C(=O)Nc1cc(C(=O)O)ccc1F. The number of halogens is 1. The molecule has 6 heteroatoms. The molecule has 1 aromatic rings. The average Bonchev–Trinajstić information content (AvgIpc) is 2.38. The fraction of sp³-hybridized carbons (Fsp3) is 0.385. The Kier molecular flexibility index (Phi) is 5.00. The van der Waals surface area contributed by atoms with Crippen LogP contribution in [0, 0.1) is 11.7 Å². The third-order valence-electron chi connectivity index (χ3n) is 3.03. The number of hydrogen-bond acceptors (Lipinski definition) is 3. The minimum atomic E-state index is -1.19. The van der Waals surface area contributed by atoms with Crippen LogP contribution >= 0.6 is 0 Å². The van der Waals surface area contributed by atoms with Crippen LogP contribution in [-0.4, -0.2) is 23.0 Å². The van der Waals surface area contributed by atoms with Crippen LogP contribution in [0.5, 0.6) is 0 Å². The van der Waals surface area contributed by atoms with Crippen molar-refractivity contribution in [2.45, 2.75) is 26.3 Å². The van der Waals surface area contributed by atoms with E-state index < -0.39 is 23.7 Å². The molecule has 2 atom stereocenters. The Morgan fingerprint density at radius 3 is 2.63 bits per heavy atom. The highest BCUT2D eigenvalue weighted by atomic mass is 19.1. The van der Waals surface area contributed by atoms with E-state index in [4.69, 9.17) is 10.8 Å². The van der Waals surface area contributed by atoms with Gasteiger partial charge in [0.05, 0.1) is 17.3 Å². The van der Waals surface area contributed by atoms with Crippen LogP contribution in [0.3, 0.4) is 0 Å². The first kappa shape index (κ1) is 15.1. The Labute approximate surface area is 110 Å². The number of carboxylic acid groups (broad SMARTS) is 1. The standard InChI is InChI=1S/C13H17FN2O3/c1-3-7(2)11(15)12(17)16-10-6-8(13(18)19)4-5-9(10)14/h4-7,11H,3,15H2,1-2H3,(H,16,17)(H,18,19)/t7?,11-/m0/s1. The summed E-state index contributed by atoms with van der Waals surface area (Å²) in [5.41, 5.74) is 5.44. The minimum absolute atomic E-state index is 0.0503. The highest BCUT2D eigenvalue weighted by Gasteiger charge is 2.20. The molecule has 0 fully saturated rings. The number of carbonyl (C=O) groups excluding carboxylic acids is 1. The van der Waals surface area contributed by atoms with Crippen LogP contribution in [-0.2, 0) is 4.79 Å². The van der Waals surface area contributed by atoms with E-state index in [2.05, 4.69) is 5.32 Å². The van der Waals surface area contributed by atoms with Gasteiger partial charge in [-0.1, -0.05) is 20.3 Å². The molecule has 0 saturated carbocycles. The van der Waals surface area contributed by atoms with Crippen molar-refractivity contribution in [1.29, 1.82) is 0 Å². The lowest BCUT2D eigenvalue weighted by Crippen LogP contribution is -2.40. The lowest BCUT2D eigenvalue weighted by Gasteiger charge is -2.18. The summed E-state index contributed by atoms with van der Waals surface area (Å²) in [5, 5.41) is 11.1. The topological polar surface area (TPSA) is 92.4 Å². The maximum Gasteiger partial charge on any atom is 0.335 e. The fourth-order valence-corrected chi connectivity index (χ4v) is 1.48. The average molecular weight is 268 g/mol. The molecule has 0 saturated heterocycles. The summed E-state index contributed by atoms with van der Waals surface area (Å²) in [6.07, 6.45) is 0.715. The van der Waals surface area contributed by atoms with E-state index in [0.29, 0.717) is 6.42 Å². The van der Waals surface area contributed by atoms with Crippen LogP contribution in [0.15, 0.2) is 18.2 Å². The summed E-state index contributed by atoms with van der Waals surface area (Å²) in [6.45, 7) is 3.71. The van der Waals surface area contributed by atoms with Crippen LogP contribution in [0.4, 0.5) is 10.1 Å². The maximum atomic E-state index is 13.5. The van der Waals surface area contributed by atoms with Crippen molar-refractivity contribution in [2.75, 3.05) is 5.32 Å². The van der Waals surface area contributed by atoms with E-state index in [1.54, 1.807) is 0 Å². The predicted molar refractivity (Wildman–Crippen MR) is 69.4 cm³/mol. The van der Waals surface area contributed by atoms with Gasteiger partial charge in [0.2, 0.25) is 5.91 Å². The Morgan fingerprint density at radius 1 is 1.47 bits per heavy atom. The number of aromatic carboxylic acids is 1. The number of nitrogens with two attached hydrogens (primary N) is 1. The molecule has 1 rings (SSSR count). The second-order valence-electron chi connectivity index (χ2n) is 4.40. The van der Waals surface area contributed by atoms with Crippen molar-refractivity contribution >= 4 is 17.6 Å². The molecule has 0 aliphatic carbocycles.